The lowest BCUT2D eigenvalue weighted by atomic mass is 10.1. The first kappa shape index (κ1) is 22.0. The summed E-state index contributed by atoms with van der Waals surface area (Å²) in [5.74, 6) is -0.212. The Hall–Kier alpha value is -2.33. The van der Waals surface area contributed by atoms with Gasteiger partial charge >= 0.3 is 0 Å². The first-order valence-electron chi connectivity index (χ1n) is 9.87. The van der Waals surface area contributed by atoms with Gasteiger partial charge in [0.1, 0.15) is 6.04 Å². The van der Waals surface area contributed by atoms with Gasteiger partial charge in [0.15, 0.2) is 0 Å². The lowest BCUT2D eigenvalue weighted by molar-refractivity contribution is -0.139. The quantitative estimate of drug-likeness (QED) is 0.606. The van der Waals surface area contributed by atoms with Crippen LogP contribution in [-0.2, 0) is 22.4 Å². The Morgan fingerprint density at radius 3 is 2.43 bits per heavy atom. The molecule has 0 saturated carbocycles. The van der Waals surface area contributed by atoms with Crippen LogP contribution in [0.4, 0.5) is 0 Å². The van der Waals surface area contributed by atoms with Crippen molar-refractivity contribution < 1.29 is 9.59 Å². The standard InChI is InChI=1S/C23H29ClN2O2/c1-3-4-15-25-23(28)18(2)26(16-14-19-10-6-5-7-11-19)22(27)17-20-12-8-9-13-21(20)24/h5-13,18H,3-4,14-17H2,1-2H3,(H,25,28). The molecule has 2 aromatic carbocycles. The number of unbranched alkanes of at least 4 members (excludes halogenated alkanes) is 1. The summed E-state index contributed by atoms with van der Waals surface area (Å²) in [6, 6.07) is 16.8. The maximum atomic E-state index is 13.0. The van der Waals surface area contributed by atoms with Crippen molar-refractivity contribution in [3.05, 3.63) is 70.7 Å². The molecular weight excluding hydrogens is 372 g/mol. The minimum Gasteiger partial charge on any atom is -0.354 e. The SMILES string of the molecule is CCCCNC(=O)C(C)N(CCc1ccccc1)C(=O)Cc1ccccc1Cl. The molecule has 0 spiro atoms. The predicted molar refractivity (Wildman–Crippen MR) is 114 cm³/mol. The summed E-state index contributed by atoms with van der Waals surface area (Å²) in [6.45, 7) is 4.98. The van der Waals surface area contributed by atoms with E-state index in [-0.39, 0.29) is 18.2 Å². The van der Waals surface area contributed by atoms with E-state index >= 15 is 0 Å². The molecule has 0 aromatic heterocycles. The van der Waals surface area contributed by atoms with E-state index in [9.17, 15) is 9.59 Å². The van der Waals surface area contributed by atoms with Crippen molar-refractivity contribution in [3.8, 4) is 0 Å². The van der Waals surface area contributed by atoms with Crippen molar-refractivity contribution >= 4 is 23.4 Å². The van der Waals surface area contributed by atoms with Gasteiger partial charge in [0.25, 0.3) is 0 Å². The molecule has 0 heterocycles. The second kappa shape index (κ2) is 11.5. The number of amides is 2. The smallest absolute Gasteiger partial charge is 0.242 e. The van der Waals surface area contributed by atoms with E-state index in [1.54, 1.807) is 17.9 Å². The van der Waals surface area contributed by atoms with Crippen molar-refractivity contribution in [1.29, 1.82) is 0 Å². The van der Waals surface area contributed by atoms with Crippen LogP contribution in [0, 0.1) is 0 Å². The van der Waals surface area contributed by atoms with E-state index in [1.165, 1.54) is 0 Å². The number of carbonyl (C=O) groups excluding carboxylic acids is 2. The zero-order valence-corrected chi connectivity index (χ0v) is 17.4. The molecule has 0 aliphatic rings. The van der Waals surface area contributed by atoms with Gasteiger partial charge in [0, 0.05) is 18.1 Å². The molecule has 0 radical (unpaired) electrons. The lowest BCUT2D eigenvalue weighted by Crippen LogP contribution is -2.49. The van der Waals surface area contributed by atoms with E-state index in [0.29, 0.717) is 24.5 Å². The van der Waals surface area contributed by atoms with Crippen molar-refractivity contribution in [2.75, 3.05) is 13.1 Å². The number of rotatable bonds is 10. The molecule has 0 aliphatic heterocycles. The number of halogens is 1. The van der Waals surface area contributed by atoms with Gasteiger partial charge in [-0.05, 0) is 37.0 Å². The van der Waals surface area contributed by atoms with Gasteiger partial charge in [-0.1, -0.05) is 73.5 Å². The molecular formula is C23H29ClN2O2. The molecule has 150 valence electrons. The fraction of sp³-hybridized carbons (Fsp3) is 0.391. The highest BCUT2D eigenvalue weighted by Gasteiger charge is 2.26. The van der Waals surface area contributed by atoms with Gasteiger partial charge in [-0.25, -0.2) is 0 Å². The van der Waals surface area contributed by atoms with Crippen molar-refractivity contribution in [2.24, 2.45) is 0 Å². The highest BCUT2D eigenvalue weighted by molar-refractivity contribution is 6.31. The summed E-state index contributed by atoms with van der Waals surface area (Å²) < 4.78 is 0. The second-order valence-electron chi connectivity index (χ2n) is 6.91. The number of benzene rings is 2. The average Bonchev–Trinajstić information content (AvgIpc) is 2.70. The molecule has 0 bridgehead atoms. The normalized spacial score (nSPS) is 11.7. The molecule has 1 N–H and O–H groups in total. The van der Waals surface area contributed by atoms with Crippen LogP contribution >= 0.6 is 11.6 Å². The van der Waals surface area contributed by atoms with Gasteiger partial charge in [-0.3, -0.25) is 9.59 Å². The van der Waals surface area contributed by atoms with Crippen molar-refractivity contribution in [2.45, 2.75) is 45.6 Å². The highest BCUT2D eigenvalue weighted by atomic mass is 35.5. The third kappa shape index (κ3) is 6.68. The minimum absolute atomic E-state index is 0.0952. The molecule has 0 fully saturated rings. The number of nitrogens with one attached hydrogen (secondary N) is 1. The number of carbonyl (C=O) groups is 2. The van der Waals surface area contributed by atoms with Crippen LogP contribution in [0.15, 0.2) is 54.6 Å². The molecule has 2 aromatic rings. The van der Waals surface area contributed by atoms with Gasteiger partial charge < -0.3 is 10.2 Å². The maximum absolute atomic E-state index is 13.0. The third-order valence-electron chi connectivity index (χ3n) is 4.78. The number of nitrogens with zero attached hydrogens (tertiary/aromatic N) is 1. The Bertz CT molecular complexity index is 764. The number of hydrogen-bond donors (Lipinski definition) is 1. The average molecular weight is 401 g/mol. The fourth-order valence-electron chi connectivity index (χ4n) is 3.01. The molecule has 2 rings (SSSR count). The van der Waals surface area contributed by atoms with Crippen LogP contribution in [0.3, 0.4) is 0 Å². The molecule has 1 atom stereocenters. The molecule has 0 saturated heterocycles. The monoisotopic (exact) mass is 400 g/mol. The molecule has 28 heavy (non-hydrogen) atoms. The minimum atomic E-state index is -0.532. The largest absolute Gasteiger partial charge is 0.354 e. The predicted octanol–water partition coefficient (Wildman–Crippen LogP) is 4.26. The van der Waals surface area contributed by atoms with Crippen LogP contribution in [0.1, 0.15) is 37.8 Å². The summed E-state index contributed by atoms with van der Waals surface area (Å²) in [6.07, 6.45) is 2.82. The van der Waals surface area contributed by atoms with E-state index in [0.717, 1.165) is 24.0 Å². The van der Waals surface area contributed by atoms with Crippen LogP contribution in [-0.4, -0.2) is 35.8 Å². The summed E-state index contributed by atoms with van der Waals surface area (Å²) in [5.41, 5.74) is 1.91. The number of hydrogen-bond acceptors (Lipinski definition) is 2. The fourth-order valence-corrected chi connectivity index (χ4v) is 3.21. The molecule has 4 nitrogen and oxygen atoms in total. The Balaban J connectivity index is 2.10. The summed E-state index contributed by atoms with van der Waals surface area (Å²) in [4.78, 5) is 27.3. The Morgan fingerprint density at radius 2 is 1.75 bits per heavy atom. The van der Waals surface area contributed by atoms with Gasteiger partial charge in [-0.15, -0.1) is 0 Å². The molecule has 0 aliphatic carbocycles. The van der Waals surface area contributed by atoms with Gasteiger partial charge in [-0.2, -0.15) is 0 Å². The highest BCUT2D eigenvalue weighted by Crippen LogP contribution is 2.17. The van der Waals surface area contributed by atoms with E-state index < -0.39 is 6.04 Å². The maximum Gasteiger partial charge on any atom is 0.242 e. The van der Waals surface area contributed by atoms with Crippen LogP contribution in [0.25, 0.3) is 0 Å². The third-order valence-corrected chi connectivity index (χ3v) is 5.15. The van der Waals surface area contributed by atoms with Crippen molar-refractivity contribution in [1.82, 2.24) is 10.2 Å². The first-order valence-corrected chi connectivity index (χ1v) is 10.2. The van der Waals surface area contributed by atoms with E-state index in [2.05, 4.69) is 12.2 Å². The van der Waals surface area contributed by atoms with Gasteiger partial charge in [0.05, 0.1) is 6.42 Å². The summed E-state index contributed by atoms with van der Waals surface area (Å²) in [7, 11) is 0. The second-order valence-corrected chi connectivity index (χ2v) is 7.32. The van der Waals surface area contributed by atoms with E-state index in [1.807, 2.05) is 48.5 Å². The zero-order valence-electron chi connectivity index (χ0n) is 16.7. The molecule has 2 amide bonds. The van der Waals surface area contributed by atoms with E-state index in [4.69, 9.17) is 11.6 Å². The summed E-state index contributed by atoms with van der Waals surface area (Å²) >= 11 is 6.22. The Kier molecular flexibility index (Phi) is 9.02. The van der Waals surface area contributed by atoms with Crippen LogP contribution < -0.4 is 5.32 Å². The summed E-state index contributed by atoms with van der Waals surface area (Å²) in [5, 5.41) is 3.50. The molecule has 5 heteroatoms. The van der Waals surface area contributed by atoms with Gasteiger partial charge in [0.2, 0.25) is 11.8 Å². The zero-order chi connectivity index (χ0) is 20.4. The lowest BCUT2D eigenvalue weighted by Gasteiger charge is -2.29. The van der Waals surface area contributed by atoms with Crippen LogP contribution in [0.2, 0.25) is 5.02 Å². The van der Waals surface area contributed by atoms with Crippen LogP contribution in [0.5, 0.6) is 0 Å². The van der Waals surface area contributed by atoms with Crippen molar-refractivity contribution in [3.63, 3.8) is 0 Å². The molecule has 1 unspecified atom stereocenters. The Labute approximate surface area is 172 Å². The topological polar surface area (TPSA) is 49.4 Å². The Morgan fingerprint density at radius 1 is 1.07 bits per heavy atom. The first-order chi connectivity index (χ1) is 13.5.